The fraction of sp³-hybridized carbons (Fsp3) is 1.00. The topological polar surface area (TPSA) is 21.3 Å². The molecule has 0 radical (unpaired) electrons. The predicted octanol–water partition coefficient (Wildman–Crippen LogP) is 0.630. The summed E-state index contributed by atoms with van der Waals surface area (Å²) < 4.78 is 30.0. The molecule has 1 unspecified atom stereocenters. The van der Waals surface area contributed by atoms with Gasteiger partial charge in [0.15, 0.2) is 0 Å². The SMILES string of the molecule is CC1NCCOCC1(F)F. The predicted molar refractivity (Wildman–Crippen MR) is 33.2 cm³/mol. The third-order valence-electron chi connectivity index (χ3n) is 1.62. The van der Waals surface area contributed by atoms with E-state index in [4.69, 9.17) is 0 Å². The molecule has 1 saturated heterocycles. The number of nitrogens with one attached hydrogen (secondary N) is 1. The van der Waals surface area contributed by atoms with Gasteiger partial charge in [0.25, 0.3) is 5.92 Å². The van der Waals surface area contributed by atoms with E-state index in [-0.39, 0.29) is 0 Å². The van der Waals surface area contributed by atoms with Gasteiger partial charge in [-0.05, 0) is 6.92 Å². The van der Waals surface area contributed by atoms with E-state index < -0.39 is 18.6 Å². The van der Waals surface area contributed by atoms with Crippen molar-refractivity contribution in [2.75, 3.05) is 19.8 Å². The molecule has 0 spiro atoms. The van der Waals surface area contributed by atoms with Gasteiger partial charge in [-0.3, -0.25) is 0 Å². The number of ether oxygens (including phenoxy) is 1. The highest BCUT2D eigenvalue weighted by molar-refractivity contribution is 4.81. The van der Waals surface area contributed by atoms with Crippen molar-refractivity contribution in [2.24, 2.45) is 0 Å². The summed E-state index contributed by atoms with van der Waals surface area (Å²) in [5.41, 5.74) is 0. The fourth-order valence-electron chi connectivity index (χ4n) is 0.830. The van der Waals surface area contributed by atoms with Gasteiger partial charge in [0.2, 0.25) is 0 Å². The van der Waals surface area contributed by atoms with E-state index in [0.717, 1.165) is 0 Å². The van der Waals surface area contributed by atoms with Crippen molar-refractivity contribution in [3.63, 3.8) is 0 Å². The van der Waals surface area contributed by atoms with Crippen LogP contribution in [0.3, 0.4) is 0 Å². The van der Waals surface area contributed by atoms with Crippen LogP contribution in [-0.4, -0.2) is 31.7 Å². The first-order valence-corrected chi connectivity index (χ1v) is 3.32. The van der Waals surface area contributed by atoms with Crippen LogP contribution < -0.4 is 5.32 Å². The van der Waals surface area contributed by atoms with Crippen LogP contribution in [0.4, 0.5) is 8.78 Å². The molecule has 1 atom stereocenters. The third-order valence-corrected chi connectivity index (χ3v) is 1.62. The molecule has 1 rings (SSSR count). The zero-order valence-corrected chi connectivity index (χ0v) is 5.86. The first-order valence-electron chi connectivity index (χ1n) is 3.32. The molecule has 1 heterocycles. The van der Waals surface area contributed by atoms with Crippen LogP contribution in [0.5, 0.6) is 0 Å². The van der Waals surface area contributed by atoms with Crippen molar-refractivity contribution in [3.8, 4) is 0 Å². The lowest BCUT2D eigenvalue weighted by atomic mass is 10.2. The van der Waals surface area contributed by atoms with Crippen LogP contribution >= 0.6 is 0 Å². The second-order valence-electron chi connectivity index (χ2n) is 2.49. The summed E-state index contributed by atoms with van der Waals surface area (Å²) in [7, 11) is 0. The molecule has 2 nitrogen and oxygen atoms in total. The fourth-order valence-corrected chi connectivity index (χ4v) is 0.830. The smallest absolute Gasteiger partial charge is 0.285 e. The average Bonchev–Trinajstić information content (AvgIpc) is 1.96. The van der Waals surface area contributed by atoms with Gasteiger partial charge in [0.1, 0.15) is 6.61 Å². The molecule has 60 valence electrons. The largest absolute Gasteiger partial charge is 0.374 e. The summed E-state index contributed by atoms with van der Waals surface area (Å²) in [5.74, 6) is -2.71. The molecule has 0 aromatic heterocycles. The van der Waals surface area contributed by atoms with Crippen LogP contribution in [0.15, 0.2) is 0 Å². The van der Waals surface area contributed by atoms with E-state index in [1.54, 1.807) is 0 Å². The van der Waals surface area contributed by atoms with Crippen LogP contribution in [-0.2, 0) is 4.74 Å². The monoisotopic (exact) mass is 151 g/mol. The summed E-state index contributed by atoms with van der Waals surface area (Å²) in [4.78, 5) is 0. The lowest BCUT2D eigenvalue weighted by Gasteiger charge is -2.19. The maximum Gasteiger partial charge on any atom is 0.285 e. The molecule has 10 heavy (non-hydrogen) atoms. The summed E-state index contributed by atoms with van der Waals surface area (Å²) in [6.07, 6.45) is 0. The normalized spacial score (nSPS) is 33.3. The maximum atomic E-state index is 12.7. The van der Waals surface area contributed by atoms with Gasteiger partial charge in [-0.2, -0.15) is 0 Å². The number of hydrogen-bond donors (Lipinski definition) is 1. The molecule has 1 fully saturated rings. The molecule has 4 heteroatoms. The summed E-state index contributed by atoms with van der Waals surface area (Å²) >= 11 is 0. The van der Waals surface area contributed by atoms with Crippen molar-refractivity contribution < 1.29 is 13.5 Å². The van der Waals surface area contributed by atoms with Crippen LogP contribution in [0.2, 0.25) is 0 Å². The summed E-state index contributed by atoms with van der Waals surface area (Å²) in [6, 6.07) is -0.769. The Morgan fingerprint density at radius 1 is 1.60 bits per heavy atom. The molecule has 0 saturated carbocycles. The third kappa shape index (κ3) is 1.64. The highest BCUT2D eigenvalue weighted by Gasteiger charge is 2.37. The van der Waals surface area contributed by atoms with E-state index in [1.165, 1.54) is 6.92 Å². The summed E-state index contributed by atoms with van der Waals surface area (Å²) in [6.45, 7) is 1.90. The Labute approximate surface area is 58.6 Å². The van der Waals surface area contributed by atoms with Crippen molar-refractivity contribution in [2.45, 2.75) is 18.9 Å². The Morgan fingerprint density at radius 3 is 3.00 bits per heavy atom. The van der Waals surface area contributed by atoms with E-state index in [9.17, 15) is 8.78 Å². The Balaban J connectivity index is 2.52. The van der Waals surface area contributed by atoms with Crippen molar-refractivity contribution in [3.05, 3.63) is 0 Å². The molecule has 0 aromatic rings. The number of alkyl halides is 2. The van der Waals surface area contributed by atoms with E-state index in [0.29, 0.717) is 13.2 Å². The molecule has 0 aliphatic carbocycles. The molecule has 0 aromatic carbocycles. The van der Waals surface area contributed by atoms with E-state index in [2.05, 4.69) is 10.1 Å². The lowest BCUT2D eigenvalue weighted by Crippen LogP contribution is -2.43. The van der Waals surface area contributed by atoms with Gasteiger partial charge >= 0.3 is 0 Å². The van der Waals surface area contributed by atoms with Gasteiger partial charge in [0.05, 0.1) is 12.6 Å². The minimum Gasteiger partial charge on any atom is -0.374 e. The standard InChI is InChI=1S/C6H11F2NO/c1-5-6(7,8)4-10-3-2-9-5/h5,9H,2-4H2,1H3. The Bertz CT molecular complexity index is 118. The minimum atomic E-state index is -2.71. The molecule has 0 bridgehead atoms. The molecule has 1 aliphatic rings. The van der Waals surface area contributed by atoms with Gasteiger partial charge in [-0.15, -0.1) is 0 Å². The van der Waals surface area contributed by atoms with Crippen LogP contribution in [0.1, 0.15) is 6.92 Å². The average molecular weight is 151 g/mol. The van der Waals surface area contributed by atoms with Crippen molar-refractivity contribution >= 4 is 0 Å². The first kappa shape index (κ1) is 7.88. The van der Waals surface area contributed by atoms with Crippen LogP contribution in [0.25, 0.3) is 0 Å². The number of halogens is 2. The Kier molecular flexibility index (Phi) is 2.21. The van der Waals surface area contributed by atoms with Gasteiger partial charge in [0, 0.05) is 6.54 Å². The summed E-state index contributed by atoms with van der Waals surface area (Å²) in [5, 5.41) is 2.66. The lowest BCUT2D eigenvalue weighted by molar-refractivity contribution is -0.0797. The first-order chi connectivity index (χ1) is 4.63. The second kappa shape index (κ2) is 2.80. The number of rotatable bonds is 0. The van der Waals surface area contributed by atoms with E-state index >= 15 is 0 Å². The molecule has 1 N–H and O–H groups in total. The molecular formula is C6H11F2NO. The molecule has 1 aliphatic heterocycles. The number of hydrogen-bond acceptors (Lipinski definition) is 2. The second-order valence-corrected chi connectivity index (χ2v) is 2.49. The highest BCUT2D eigenvalue weighted by atomic mass is 19.3. The quantitative estimate of drug-likeness (QED) is 0.548. The van der Waals surface area contributed by atoms with Crippen molar-refractivity contribution in [1.82, 2.24) is 5.32 Å². The molecule has 0 amide bonds. The molecular weight excluding hydrogens is 140 g/mol. The Hall–Kier alpha value is -0.220. The highest BCUT2D eigenvalue weighted by Crippen LogP contribution is 2.19. The van der Waals surface area contributed by atoms with Gasteiger partial charge in [-0.1, -0.05) is 0 Å². The minimum absolute atomic E-state index is 0.375. The Morgan fingerprint density at radius 2 is 2.30 bits per heavy atom. The van der Waals surface area contributed by atoms with Crippen LogP contribution in [0, 0.1) is 0 Å². The van der Waals surface area contributed by atoms with Crippen molar-refractivity contribution in [1.29, 1.82) is 0 Å². The zero-order chi connectivity index (χ0) is 7.61. The zero-order valence-electron chi connectivity index (χ0n) is 5.86. The van der Waals surface area contributed by atoms with E-state index in [1.807, 2.05) is 0 Å². The maximum absolute atomic E-state index is 12.7. The van der Waals surface area contributed by atoms with Gasteiger partial charge < -0.3 is 10.1 Å². The van der Waals surface area contributed by atoms with Gasteiger partial charge in [-0.25, -0.2) is 8.78 Å².